The molecule has 2 aromatic rings. The summed E-state index contributed by atoms with van der Waals surface area (Å²) in [6, 6.07) is 11.4. The van der Waals surface area contributed by atoms with Gasteiger partial charge < -0.3 is 5.32 Å². The van der Waals surface area contributed by atoms with Gasteiger partial charge in [0.15, 0.2) is 0 Å². The van der Waals surface area contributed by atoms with Gasteiger partial charge >= 0.3 is 0 Å². The number of carbonyl (C=O) groups excluding carboxylic acids is 3. The first-order valence-electron chi connectivity index (χ1n) is 11.1. The second-order valence-electron chi connectivity index (χ2n) is 8.40. The second kappa shape index (κ2) is 9.44. The van der Waals surface area contributed by atoms with Crippen LogP contribution < -0.4 is 5.32 Å². The highest BCUT2D eigenvalue weighted by Gasteiger charge is 2.34. The molecule has 2 aliphatic heterocycles. The quantitative estimate of drug-likeness (QED) is 0.627. The Morgan fingerprint density at radius 3 is 2.24 bits per heavy atom. The molecule has 3 amide bonds. The zero-order chi connectivity index (χ0) is 23.6. The Labute approximate surface area is 193 Å². The van der Waals surface area contributed by atoms with Gasteiger partial charge in [0, 0.05) is 31.7 Å². The Morgan fingerprint density at radius 2 is 1.61 bits per heavy atom. The average Bonchev–Trinajstić information content (AvgIpc) is 3.06. The van der Waals surface area contributed by atoms with E-state index in [-0.39, 0.29) is 35.6 Å². The fraction of sp³-hybridized carbons (Fsp3) is 0.375. The maximum Gasteiger partial charge on any atom is 0.261 e. The number of sulfonamides is 1. The third kappa shape index (κ3) is 4.69. The number of nitrogens with zero attached hydrogens (tertiary/aromatic N) is 2. The summed E-state index contributed by atoms with van der Waals surface area (Å²) in [6.45, 7) is 2.96. The largest absolute Gasteiger partial charge is 0.326 e. The van der Waals surface area contributed by atoms with Crippen LogP contribution in [0.15, 0.2) is 47.4 Å². The molecule has 4 rings (SSSR count). The average molecular weight is 470 g/mol. The third-order valence-electron chi connectivity index (χ3n) is 6.10. The van der Waals surface area contributed by atoms with Crippen LogP contribution in [0.2, 0.25) is 0 Å². The number of rotatable bonds is 7. The van der Waals surface area contributed by atoms with Crippen molar-refractivity contribution in [1.29, 1.82) is 0 Å². The predicted octanol–water partition coefficient (Wildman–Crippen LogP) is 3.18. The van der Waals surface area contributed by atoms with Crippen LogP contribution in [-0.4, -0.2) is 55.0 Å². The van der Waals surface area contributed by atoms with Crippen LogP contribution in [-0.2, 0) is 14.8 Å². The molecule has 2 heterocycles. The standard InChI is InChI=1S/C24H27N3O5S/c1-17-11-12-18(33(31,32)26-13-5-2-6-14-26)16-21(17)25-22(28)10-7-15-27-23(29)19-8-3-4-9-20(19)24(27)30/h3-4,8-9,11-12,16H,2,5-7,10,13-15H2,1H3,(H,25,28). The summed E-state index contributed by atoms with van der Waals surface area (Å²) in [5.41, 5.74) is 1.96. The van der Waals surface area contributed by atoms with Crippen LogP contribution in [0.4, 0.5) is 5.69 Å². The molecule has 0 aliphatic carbocycles. The Hall–Kier alpha value is -3.04. The molecule has 33 heavy (non-hydrogen) atoms. The molecule has 0 saturated carbocycles. The predicted molar refractivity (Wildman–Crippen MR) is 123 cm³/mol. The number of benzene rings is 2. The first kappa shape index (κ1) is 23.1. The molecule has 9 heteroatoms. The van der Waals surface area contributed by atoms with E-state index in [1.807, 2.05) is 0 Å². The van der Waals surface area contributed by atoms with E-state index in [0.29, 0.717) is 36.3 Å². The molecule has 0 unspecified atom stereocenters. The van der Waals surface area contributed by atoms with Crippen LogP contribution in [0.25, 0.3) is 0 Å². The van der Waals surface area contributed by atoms with E-state index in [1.165, 1.54) is 10.4 Å². The monoisotopic (exact) mass is 469 g/mol. The number of hydrogen-bond acceptors (Lipinski definition) is 5. The number of fused-ring (bicyclic) bond motifs is 1. The molecular weight excluding hydrogens is 442 g/mol. The molecule has 0 spiro atoms. The summed E-state index contributed by atoms with van der Waals surface area (Å²) in [5.74, 6) is -0.993. The van der Waals surface area contributed by atoms with Gasteiger partial charge in [0.2, 0.25) is 15.9 Å². The molecule has 1 fully saturated rings. The lowest BCUT2D eigenvalue weighted by molar-refractivity contribution is -0.116. The lowest BCUT2D eigenvalue weighted by atomic mass is 10.1. The highest BCUT2D eigenvalue weighted by Crippen LogP contribution is 2.26. The number of nitrogens with one attached hydrogen (secondary N) is 1. The normalized spacial score (nSPS) is 16.7. The lowest BCUT2D eigenvalue weighted by Crippen LogP contribution is -2.35. The summed E-state index contributed by atoms with van der Waals surface area (Å²) in [5, 5.41) is 2.78. The van der Waals surface area contributed by atoms with Crippen LogP contribution in [0, 0.1) is 6.92 Å². The van der Waals surface area contributed by atoms with Crippen molar-refractivity contribution < 1.29 is 22.8 Å². The number of carbonyl (C=O) groups is 3. The van der Waals surface area contributed by atoms with Gasteiger partial charge in [-0.1, -0.05) is 24.6 Å². The van der Waals surface area contributed by atoms with E-state index in [9.17, 15) is 22.8 Å². The zero-order valence-electron chi connectivity index (χ0n) is 18.5. The molecule has 174 valence electrons. The van der Waals surface area contributed by atoms with E-state index < -0.39 is 10.0 Å². The van der Waals surface area contributed by atoms with Crippen molar-refractivity contribution in [2.24, 2.45) is 0 Å². The summed E-state index contributed by atoms with van der Waals surface area (Å²) < 4.78 is 27.4. The molecule has 2 aliphatic rings. The van der Waals surface area contributed by atoms with E-state index in [4.69, 9.17) is 0 Å². The van der Waals surface area contributed by atoms with E-state index in [1.54, 1.807) is 43.3 Å². The van der Waals surface area contributed by atoms with Gasteiger partial charge in [-0.05, 0) is 56.0 Å². The summed E-state index contributed by atoms with van der Waals surface area (Å²) in [4.78, 5) is 38.7. The van der Waals surface area contributed by atoms with Crippen LogP contribution >= 0.6 is 0 Å². The van der Waals surface area contributed by atoms with Crippen molar-refractivity contribution >= 4 is 33.4 Å². The van der Waals surface area contributed by atoms with Gasteiger partial charge in [-0.15, -0.1) is 0 Å². The number of piperidine rings is 1. The summed E-state index contributed by atoms with van der Waals surface area (Å²) in [6.07, 6.45) is 3.13. The number of anilines is 1. The van der Waals surface area contributed by atoms with Crippen LogP contribution in [0.5, 0.6) is 0 Å². The second-order valence-corrected chi connectivity index (χ2v) is 10.3. The topological polar surface area (TPSA) is 104 Å². The highest BCUT2D eigenvalue weighted by molar-refractivity contribution is 7.89. The van der Waals surface area contributed by atoms with Crippen molar-refractivity contribution in [3.05, 3.63) is 59.2 Å². The van der Waals surface area contributed by atoms with Crippen molar-refractivity contribution in [1.82, 2.24) is 9.21 Å². The lowest BCUT2D eigenvalue weighted by Gasteiger charge is -2.26. The van der Waals surface area contributed by atoms with Gasteiger partial charge in [0.25, 0.3) is 11.8 Å². The minimum Gasteiger partial charge on any atom is -0.326 e. The molecule has 8 nitrogen and oxygen atoms in total. The van der Waals surface area contributed by atoms with Crippen molar-refractivity contribution in [3.8, 4) is 0 Å². The summed E-state index contributed by atoms with van der Waals surface area (Å²) >= 11 is 0. The maximum atomic E-state index is 13.0. The number of aryl methyl sites for hydroxylation is 1. The molecule has 0 atom stereocenters. The number of hydrogen-bond donors (Lipinski definition) is 1. The molecule has 0 radical (unpaired) electrons. The molecule has 1 saturated heterocycles. The van der Waals surface area contributed by atoms with Crippen LogP contribution in [0.1, 0.15) is 58.4 Å². The smallest absolute Gasteiger partial charge is 0.261 e. The van der Waals surface area contributed by atoms with Gasteiger partial charge in [0.05, 0.1) is 16.0 Å². The minimum absolute atomic E-state index is 0.0932. The Morgan fingerprint density at radius 1 is 0.970 bits per heavy atom. The van der Waals surface area contributed by atoms with Crippen LogP contribution in [0.3, 0.4) is 0 Å². The molecule has 0 bridgehead atoms. The number of amides is 3. The maximum absolute atomic E-state index is 13.0. The SMILES string of the molecule is Cc1ccc(S(=O)(=O)N2CCCCC2)cc1NC(=O)CCCN1C(=O)c2ccccc2C1=O. The van der Waals surface area contributed by atoms with E-state index >= 15 is 0 Å². The fourth-order valence-corrected chi connectivity index (χ4v) is 5.75. The minimum atomic E-state index is -3.60. The van der Waals surface area contributed by atoms with Gasteiger partial charge in [-0.3, -0.25) is 19.3 Å². The van der Waals surface area contributed by atoms with Crippen molar-refractivity contribution in [3.63, 3.8) is 0 Å². The molecule has 1 N–H and O–H groups in total. The zero-order valence-corrected chi connectivity index (χ0v) is 19.4. The Balaban J connectivity index is 1.37. The first-order valence-corrected chi connectivity index (χ1v) is 12.6. The van der Waals surface area contributed by atoms with Crippen molar-refractivity contribution in [2.75, 3.05) is 25.0 Å². The Bertz CT molecular complexity index is 1170. The highest BCUT2D eigenvalue weighted by atomic mass is 32.2. The third-order valence-corrected chi connectivity index (χ3v) is 7.99. The Kier molecular flexibility index (Phi) is 6.62. The fourth-order valence-electron chi connectivity index (χ4n) is 4.20. The molecule has 2 aromatic carbocycles. The van der Waals surface area contributed by atoms with Gasteiger partial charge in [0.1, 0.15) is 0 Å². The number of imide groups is 1. The van der Waals surface area contributed by atoms with E-state index in [2.05, 4.69) is 5.32 Å². The van der Waals surface area contributed by atoms with Gasteiger partial charge in [-0.2, -0.15) is 4.31 Å². The van der Waals surface area contributed by atoms with Crippen molar-refractivity contribution in [2.45, 2.75) is 43.9 Å². The molecular formula is C24H27N3O5S. The first-order chi connectivity index (χ1) is 15.8. The van der Waals surface area contributed by atoms with E-state index in [0.717, 1.165) is 29.7 Å². The molecule has 0 aromatic heterocycles. The van der Waals surface area contributed by atoms with Gasteiger partial charge in [-0.25, -0.2) is 8.42 Å². The summed E-state index contributed by atoms with van der Waals surface area (Å²) in [7, 11) is -3.60.